The van der Waals surface area contributed by atoms with E-state index in [0.717, 1.165) is 21.6 Å². The van der Waals surface area contributed by atoms with Crippen LogP contribution in [0.2, 0.25) is 0 Å². The summed E-state index contributed by atoms with van der Waals surface area (Å²) < 4.78 is 32.2. The number of nitrogens with one attached hydrogen (secondary N) is 1. The minimum absolute atomic E-state index is 0.0893. The van der Waals surface area contributed by atoms with Crippen molar-refractivity contribution in [3.8, 4) is 17.1 Å². The number of amides is 1. The second-order valence-corrected chi connectivity index (χ2v) is 10.4. The quantitative estimate of drug-likeness (QED) is 0.373. The minimum Gasteiger partial charge on any atom is -0.497 e. The van der Waals surface area contributed by atoms with Crippen molar-refractivity contribution >= 4 is 33.4 Å². The summed E-state index contributed by atoms with van der Waals surface area (Å²) in [4.78, 5) is 12.8. The lowest BCUT2D eigenvalue weighted by atomic mass is 10.2. The van der Waals surface area contributed by atoms with Gasteiger partial charge in [0.05, 0.1) is 17.3 Å². The highest BCUT2D eigenvalue weighted by Crippen LogP contribution is 2.27. The third-order valence-corrected chi connectivity index (χ3v) is 7.41. The molecule has 0 spiro atoms. The maximum absolute atomic E-state index is 12.7. The van der Waals surface area contributed by atoms with Crippen molar-refractivity contribution in [2.45, 2.75) is 22.2 Å². The molecule has 32 heavy (non-hydrogen) atoms. The molecule has 0 radical (unpaired) electrons. The van der Waals surface area contributed by atoms with Crippen LogP contribution in [0.25, 0.3) is 11.4 Å². The number of nitrogen functional groups attached to an aromatic ring is 1. The lowest BCUT2D eigenvalue weighted by Crippen LogP contribution is -2.24. The molecule has 3 aromatic rings. The first-order chi connectivity index (χ1) is 15.1. The fourth-order valence-corrected chi connectivity index (χ4v) is 4.41. The van der Waals surface area contributed by atoms with Gasteiger partial charge in [0.25, 0.3) is 0 Å². The third kappa shape index (κ3) is 5.03. The topological polar surface area (TPSA) is 132 Å². The molecule has 1 amide bonds. The minimum atomic E-state index is -3.61. The molecule has 170 valence electrons. The van der Waals surface area contributed by atoms with Gasteiger partial charge in [0, 0.05) is 25.3 Å². The summed E-state index contributed by atoms with van der Waals surface area (Å²) in [5.41, 5.74) is 1.13. The zero-order chi connectivity index (χ0) is 23.5. The molecule has 12 heteroatoms. The van der Waals surface area contributed by atoms with Gasteiger partial charge in [-0.1, -0.05) is 17.8 Å². The van der Waals surface area contributed by atoms with Crippen LogP contribution < -0.4 is 15.9 Å². The van der Waals surface area contributed by atoms with E-state index in [1.165, 1.54) is 30.9 Å². The van der Waals surface area contributed by atoms with E-state index in [1.54, 1.807) is 38.3 Å². The second kappa shape index (κ2) is 9.59. The first-order valence-corrected chi connectivity index (χ1v) is 11.8. The van der Waals surface area contributed by atoms with E-state index in [0.29, 0.717) is 22.4 Å². The van der Waals surface area contributed by atoms with E-state index in [9.17, 15) is 13.2 Å². The van der Waals surface area contributed by atoms with Crippen LogP contribution in [0.3, 0.4) is 0 Å². The molecule has 1 atom stereocenters. The van der Waals surface area contributed by atoms with E-state index >= 15 is 0 Å². The molecule has 2 aromatic carbocycles. The summed E-state index contributed by atoms with van der Waals surface area (Å²) in [5.74, 6) is 6.97. The van der Waals surface area contributed by atoms with Crippen LogP contribution in [0.5, 0.6) is 5.75 Å². The number of thioether (sulfide) groups is 1. The normalized spacial score (nSPS) is 12.5. The molecule has 1 aromatic heterocycles. The van der Waals surface area contributed by atoms with Crippen molar-refractivity contribution in [1.82, 2.24) is 19.2 Å². The SMILES string of the molecule is COc1ccc(-c2nnc(SC(C)C(=O)Nc3cccc(S(=O)(=O)N(C)C)c3)n2N)cc1. The molecule has 0 aliphatic carbocycles. The molecule has 0 aliphatic rings. The van der Waals surface area contributed by atoms with E-state index in [-0.39, 0.29) is 10.8 Å². The molecule has 1 heterocycles. The summed E-state index contributed by atoms with van der Waals surface area (Å²) in [7, 11) is 0.869. The molecule has 1 unspecified atom stereocenters. The average Bonchev–Trinajstić information content (AvgIpc) is 3.13. The van der Waals surface area contributed by atoms with Crippen molar-refractivity contribution in [2.24, 2.45) is 0 Å². The van der Waals surface area contributed by atoms with Gasteiger partial charge < -0.3 is 15.9 Å². The number of carbonyl (C=O) groups is 1. The van der Waals surface area contributed by atoms with Crippen LogP contribution in [0, 0.1) is 0 Å². The molecule has 0 aliphatic heterocycles. The van der Waals surface area contributed by atoms with Crippen LogP contribution in [0.15, 0.2) is 58.6 Å². The Morgan fingerprint density at radius 2 is 1.88 bits per heavy atom. The molecule has 0 saturated heterocycles. The number of hydrogen-bond acceptors (Lipinski definition) is 8. The fraction of sp³-hybridized carbons (Fsp3) is 0.250. The van der Waals surface area contributed by atoms with E-state index in [2.05, 4.69) is 15.5 Å². The average molecular weight is 477 g/mol. The lowest BCUT2D eigenvalue weighted by molar-refractivity contribution is -0.115. The molecule has 10 nitrogen and oxygen atoms in total. The summed E-state index contributed by atoms with van der Waals surface area (Å²) >= 11 is 1.14. The number of benzene rings is 2. The summed E-state index contributed by atoms with van der Waals surface area (Å²) in [6.07, 6.45) is 0. The number of hydrogen-bond donors (Lipinski definition) is 2. The Kier molecular flexibility index (Phi) is 7.06. The predicted octanol–water partition coefficient (Wildman–Crippen LogP) is 2.04. The summed E-state index contributed by atoms with van der Waals surface area (Å²) in [5, 5.41) is 10.7. The van der Waals surface area contributed by atoms with Crippen molar-refractivity contribution < 1.29 is 17.9 Å². The fourth-order valence-electron chi connectivity index (χ4n) is 2.70. The van der Waals surface area contributed by atoms with Gasteiger partial charge in [-0.15, -0.1) is 10.2 Å². The molecule has 0 saturated carbocycles. The van der Waals surface area contributed by atoms with Gasteiger partial charge in [-0.3, -0.25) is 4.79 Å². The van der Waals surface area contributed by atoms with Crippen molar-refractivity contribution in [1.29, 1.82) is 0 Å². The van der Waals surface area contributed by atoms with Gasteiger partial charge >= 0.3 is 0 Å². The highest BCUT2D eigenvalue weighted by molar-refractivity contribution is 8.00. The molecule has 3 rings (SSSR count). The van der Waals surface area contributed by atoms with E-state index in [4.69, 9.17) is 10.6 Å². The Morgan fingerprint density at radius 1 is 1.19 bits per heavy atom. The standard InChI is InChI=1S/C20H24N6O4S2/c1-13(19(27)22-15-6-5-7-17(12-15)32(28,29)25(2)3)31-20-24-23-18(26(20)21)14-8-10-16(30-4)11-9-14/h5-13H,21H2,1-4H3,(H,22,27). The first kappa shape index (κ1) is 23.6. The number of anilines is 1. The maximum atomic E-state index is 12.7. The number of ether oxygens (including phenoxy) is 1. The molecule has 0 fully saturated rings. The van der Waals surface area contributed by atoms with Gasteiger partial charge in [0.2, 0.25) is 21.1 Å². The van der Waals surface area contributed by atoms with Gasteiger partial charge in [-0.05, 0) is 49.4 Å². The number of aromatic nitrogens is 3. The molecule has 3 N–H and O–H groups in total. The Hall–Kier alpha value is -3.09. The number of nitrogens with zero attached hydrogens (tertiary/aromatic N) is 4. The zero-order valence-corrected chi connectivity index (χ0v) is 19.6. The Bertz CT molecular complexity index is 1210. The van der Waals surface area contributed by atoms with E-state index < -0.39 is 15.3 Å². The lowest BCUT2D eigenvalue weighted by Gasteiger charge is -2.14. The maximum Gasteiger partial charge on any atom is 0.242 e. The monoisotopic (exact) mass is 476 g/mol. The summed E-state index contributed by atoms with van der Waals surface area (Å²) in [6, 6.07) is 13.3. The van der Waals surface area contributed by atoms with Crippen LogP contribution in [-0.4, -0.2) is 60.0 Å². The predicted molar refractivity (Wildman–Crippen MR) is 123 cm³/mol. The highest BCUT2D eigenvalue weighted by Gasteiger charge is 2.22. The highest BCUT2D eigenvalue weighted by atomic mass is 32.2. The number of sulfonamides is 1. The van der Waals surface area contributed by atoms with Crippen LogP contribution in [0.1, 0.15) is 6.92 Å². The molecular formula is C20H24N6O4S2. The Morgan fingerprint density at radius 3 is 2.50 bits per heavy atom. The van der Waals surface area contributed by atoms with Crippen molar-refractivity contribution in [3.05, 3.63) is 48.5 Å². The number of rotatable bonds is 8. The third-order valence-electron chi connectivity index (χ3n) is 4.54. The van der Waals surface area contributed by atoms with E-state index in [1.807, 2.05) is 12.1 Å². The van der Waals surface area contributed by atoms with Gasteiger partial charge in [0.15, 0.2) is 5.82 Å². The summed E-state index contributed by atoms with van der Waals surface area (Å²) in [6.45, 7) is 1.70. The number of carbonyl (C=O) groups excluding carboxylic acids is 1. The smallest absolute Gasteiger partial charge is 0.242 e. The Labute approximate surface area is 190 Å². The van der Waals surface area contributed by atoms with Crippen LogP contribution >= 0.6 is 11.8 Å². The number of methoxy groups -OCH3 is 1. The van der Waals surface area contributed by atoms with Crippen LogP contribution in [0.4, 0.5) is 5.69 Å². The Balaban J connectivity index is 1.71. The largest absolute Gasteiger partial charge is 0.497 e. The van der Waals surface area contributed by atoms with Gasteiger partial charge in [-0.2, -0.15) is 0 Å². The number of nitrogens with two attached hydrogens (primary N) is 1. The van der Waals surface area contributed by atoms with Crippen molar-refractivity contribution in [3.63, 3.8) is 0 Å². The second-order valence-electron chi connectivity index (χ2n) is 6.97. The van der Waals surface area contributed by atoms with Gasteiger partial charge in [0.1, 0.15) is 5.75 Å². The first-order valence-electron chi connectivity index (χ1n) is 9.48. The zero-order valence-electron chi connectivity index (χ0n) is 18.0. The van der Waals surface area contributed by atoms with Crippen LogP contribution in [-0.2, 0) is 14.8 Å². The molecular weight excluding hydrogens is 452 g/mol. The van der Waals surface area contributed by atoms with Crippen molar-refractivity contribution in [2.75, 3.05) is 32.4 Å². The molecule has 0 bridgehead atoms. The van der Waals surface area contributed by atoms with Gasteiger partial charge in [-0.25, -0.2) is 17.4 Å².